The van der Waals surface area contributed by atoms with Gasteiger partial charge in [0.25, 0.3) is 0 Å². The lowest BCUT2D eigenvalue weighted by molar-refractivity contribution is -0.137. The van der Waals surface area contributed by atoms with Crippen LogP contribution in [-0.4, -0.2) is 31.1 Å². The van der Waals surface area contributed by atoms with E-state index in [9.17, 15) is 13.2 Å². The van der Waals surface area contributed by atoms with Crippen LogP contribution in [0.3, 0.4) is 0 Å². The molecule has 2 aromatic rings. The molecule has 2 nitrogen and oxygen atoms in total. The van der Waals surface area contributed by atoms with Gasteiger partial charge in [0.2, 0.25) is 0 Å². The van der Waals surface area contributed by atoms with Gasteiger partial charge in [-0.2, -0.15) is 13.2 Å². The zero-order valence-electron chi connectivity index (χ0n) is 16.3. The molecule has 0 radical (unpaired) electrons. The van der Waals surface area contributed by atoms with Gasteiger partial charge in [0.05, 0.1) is 12.2 Å². The largest absolute Gasteiger partial charge is 0.493 e. The average Bonchev–Trinajstić information content (AvgIpc) is 3.21. The van der Waals surface area contributed by atoms with Crippen molar-refractivity contribution in [1.29, 1.82) is 0 Å². The molecule has 28 heavy (non-hydrogen) atoms. The molecule has 0 unspecified atom stereocenters. The lowest BCUT2D eigenvalue weighted by Crippen LogP contribution is -2.42. The number of nitrogens with zero attached hydrogens (tertiary/aromatic N) is 1. The second-order valence-electron chi connectivity index (χ2n) is 7.51. The number of halogens is 3. The van der Waals surface area contributed by atoms with Crippen molar-refractivity contribution >= 4 is 11.3 Å². The molecule has 6 heteroatoms. The first-order chi connectivity index (χ1) is 13.5. The topological polar surface area (TPSA) is 12.5 Å². The summed E-state index contributed by atoms with van der Waals surface area (Å²) in [6, 6.07) is 9.43. The number of hydrogen-bond acceptors (Lipinski definition) is 3. The molecular weight excluding hydrogens is 383 g/mol. The highest BCUT2D eigenvalue weighted by Crippen LogP contribution is 2.37. The van der Waals surface area contributed by atoms with E-state index in [4.69, 9.17) is 4.74 Å². The summed E-state index contributed by atoms with van der Waals surface area (Å²) in [6.45, 7) is 5.74. The summed E-state index contributed by atoms with van der Waals surface area (Å²) in [6.07, 6.45) is 0.356. The Morgan fingerprint density at radius 1 is 1.18 bits per heavy atom. The second kappa shape index (κ2) is 9.79. The van der Waals surface area contributed by atoms with Gasteiger partial charge < -0.3 is 9.64 Å². The monoisotopic (exact) mass is 411 g/mol. The highest BCUT2D eigenvalue weighted by atomic mass is 32.1. The fourth-order valence-electron chi connectivity index (χ4n) is 3.91. The fourth-order valence-corrected chi connectivity index (χ4v) is 4.86. The predicted molar refractivity (Wildman–Crippen MR) is 108 cm³/mol. The second-order valence-corrected chi connectivity index (χ2v) is 8.49. The SMILES string of the molecule is CCCCCN1CC[C@@H](c2cccs2)[C@H](COc2cccc(C(F)(F)F)c2)C1. The number of rotatable bonds is 8. The van der Waals surface area contributed by atoms with Crippen LogP contribution in [0.25, 0.3) is 0 Å². The Kier molecular flexibility index (Phi) is 7.41. The highest BCUT2D eigenvalue weighted by Gasteiger charge is 2.32. The zero-order chi connectivity index (χ0) is 20.0. The van der Waals surface area contributed by atoms with Crippen molar-refractivity contribution in [3.63, 3.8) is 0 Å². The standard InChI is InChI=1S/C22H28F3NOS/c1-2-3-4-11-26-12-10-20(21-9-6-13-28-21)17(15-26)16-27-19-8-5-7-18(14-19)22(23,24)25/h5-9,13-14,17,20H,2-4,10-12,15-16H2,1H3/t17-,20+/m0/s1. The van der Waals surface area contributed by atoms with Gasteiger partial charge in [0.1, 0.15) is 5.75 Å². The fraction of sp³-hybridized carbons (Fsp3) is 0.545. The first kappa shape index (κ1) is 21.2. The van der Waals surface area contributed by atoms with Crippen LogP contribution in [0, 0.1) is 5.92 Å². The first-order valence-electron chi connectivity index (χ1n) is 10.0. The van der Waals surface area contributed by atoms with Crippen LogP contribution < -0.4 is 4.74 Å². The maximum Gasteiger partial charge on any atom is 0.416 e. The summed E-state index contributed by atoms with van der Waals surface area (Å²) in [5, 5.41) is 2.09. The van der Waals surface area contributed by atoms with Crippen LogP contribution in [0.15, 0.2) is 41.8 Å². The molecule has 1 aliphatic rings. The Morgan fingerprint density at radius 2 is 2.04 bits per heavy atom. The number of unbranched alkanes of at least 4 members (excludes halogenated alkanes) is 2. The molecule has 0 bridgehead atoms. The van der Waals surface area contributed by atoms with Crippen molar-refractivity contribution in [2.24, 2.45) is 5.92 Å². The van der Waals surface area contributed by atoms with Crippen LogP contribution in [0.2, 0.25) is 0 Å². The summed E-state index contributed by atoms with van der Waals surface area (Å²) < 4.78 is 44.7. The lowest BCUT2D eigenvalue weighted by atomic mass is 9.84. The molecule has 0 aliphatic carbocycles. The molecular formula is C22H28F3NOS. The van der Waals surface area contributed by atoms with Crippen LogP contribution >= 0.6 is 11.3 Å². The van der Waals surface area contributed by atoms with E-state index in [1.807, 2.05) is 0 Å². The van der Waals surface area contributed by atoms with Crippen molar-refractivity contribution in [3.05, 3.63) is 52.2 Å². The van der Waals surface area contributed by atoms with E-state index in [0.717, 1.165) is 38.2 Å². The van der Waals surface area contributed by atoms with Gasteiger partial charge in [-0.3, -0.25) is 0 Å². The third-order valence-corrected chi connectivity index (χ3v) is 6.43. The Bertz CT molecular complexity index is 717. The maximum absolute atomic E-state index is 12.9. The third-order valence-electron chi connectivity index (χ3n) is 5.43. The summed E-state index contributed by atoms with van der Waals surface area (Å²) >= 11 is 1.76. The molecule has 2 heterocycles. The van der Waals surface area contributed by atoms with Crippen LogP contribution in [0.1, 0.15) is 49.0 Å². The van der Waals surface area contributed by atoms with Gasteiger partial charge in [-0.05, 0) is 55.6 Å². The van der Waals surface area contributed by atoms with Gasteiger partial charge >= 0.3 is 6.18 Å². The Hall–Kier alpha value is -1.53. The molecule has 3 rings (SSSR count). The van der Waals surface area contributed by atoms with Crippen molar-refractivity contribution in [1.82, 2.24) is 4.90 Å². The summed E-state index contributed by atoms with van der Waals surface area (Å²) in [5.41, 5.74) is -0.662. The van der Waals surface area contributed by atoms with Crippen molar-refractivity contribution in [3.8, 4) is 5.75 Å². The number of hydrogen-bond donors (Lipinski definition) is 0. The molecule has 0 N–H and O–H groups in total. The normalized spacial score (nSPS) is 21.0. The molecule has 0 amide bonds. The van der Waals surface area contributed by atoms with E-state index in [2.05, 4.69) is 29.3 Å². The molecule has 1 aromatic carbocycles. The van der Waals surface area contributed by atoms with E-state index < -0.39 is 11.7 Å². The molecule has 0 spiro atoms. The van der Waals surface area contributed by atoms with Gasteiger partial charge in [0.15, 0.2) is 0 Å². The Balaban J connectivity index is 1.66. The number of alkyl halides is 3. The van der Waals surface area contributed by atoms with Crippen molar-refractivity contribution in [2.75, 3.05) is 26.2 Å². The van der Waals surface area contributed by atoms with E-state index in [-0.39, 0.29) is 5.92 Å². The number of likely N-dealkylation sites (tertiary alicyclic amines) is 1. The molecule has 2 atom stereocenters. The minimum atomic E-state index is -4.35. The number of thiophene rings is 1. The van der Waals surface area contributed by atoms with Crippen LogP contribution in [0.5, 0.6) is 5.75 Å². The van der Waals surface area contributed by atoms with E-state index in [1.54, 1.807) is 17.4 Å². The average molecular weight is 412 g/mol. The Labute approximate surface area is 169 Å². The van der Waals surface area contributed by atoms with E-state index in [1.165, 1.54) is 30.2 Å². The van der Waals surface area contributed by atoms with Crippen molar-refractivity contribution < 1.29 is 17.9 Å². The Morgan fingerprint density at radius 3 is 2.75 bits per heavy atom. The number of piperidine rings is 1. The molecule has 1 fully saturated rings. The molecule has 1 aliphatic heterocycles. The molecule has 0 saturated carbocycles. The summed E-state index contributed by atoms with van der Waals surface area (Å²) in [5.74, 6) is 0.986. The van der Waals surface area contributed by atoms with E-state index in [0.29, 0.717) is 18.3 Å². The predicted octanol–water partition coefficient (Wildman–Crippen LogP) is 6.44. The van der Waals surface area contributed by atoms with Crippen LogP contribution in [0.4, 0.5) is 13.2 Å². The number of ether oxygens (including phenoxy) is 1. The maximum atomic E-state index is 12.9. The number of benzene rings is 1. The molecule has 1 saturated heterocycles. The quantitative estimate of drug-likeness (QED) is 0.463. The van der Waals surface area contributed by atoms with Gasteiger partial charge in [0, 0.05) is 23.3 Å². The molecule has 1 aromatic heterocycles. The van der Waals surface area contributed by atoms with Gasteiger partial charge in [-0.15, -0.1) is 11.3 Å². The zero-order valence-corrected chi connectivity index (χ0v) is 17.1. The van der Waals surface area contributed by atoms with Gasteiger partial charge in [-0.25, -0.2) is 0 Å². The third kappa shape index (κ3) is 5.74. The van der Waals surface area contributed by atoms with Crippen molar-refractivity contribution in [2.45, 2.75) is 44.7 Å². The molecule has 154 valence electrons. The minimum absolute atomic E-state index is 0.281. The summed E-state index contributed by atoms with van der Waals surface area (Å²) in [4.78, 5) is 3.84. The highest BCUT2D eigenvalue weighted by molar-refractivity contribution is 7.10. The lowest BCUT2D eigenvalue weighted by Gasteiger charge is -2.38. The van der Waals surface area contributed by atoms with Crippen LogP contribution in [-0.2, 0) is 6.18 Å². The smallest absolute Gasteiger partial charge is 0.416 e. The van der Waals surface area contributed by atoms with E-state index >= 15 is 0 Å². The minimum Gasteiger partial charge on any atom is -0.493 e. The van der Waals surface area contributed by atoms with Gasteiger partial charge in [-0.1, -0.05) is 31.9 Å². The first-order valence-corrected chi connectivity index (χ1v) is 10.9. The summed E-state index contributed by atoms with van der Waals surface area (Å²) in [7, 11) is 0.